The van der Waals surface area contributed by atoms with Crippen molar-refractivity contribution >= 4 is 0 Å². The van der Waals surface area contributed by atoms with Crippen LogP contribution in [0.3, 0.4) is 0 Å². The summed E-state index contributed by atoms with van der Waals surface area (Å²) in [5, 5.41) is 11.7. The molecule has 0 unspecified atom stereocenters. The molecular formula is C12H22NO. The molecule has 1 rings (SSSR count). The van der Waals surface area contributed by atoms with Crippen molar-refractivity contribution in [3.8, 4) is 0 Å². The first-order valence-corrected chi connectivity index (χ1v) is 5.34. The van der Waals surface area contributed by atoms with E-state index in [0.717, 1.165) is 19.4 Å². The van der Waals surface area contributed by atoms with Crippen LogP contribution in [-0.4, -0.2) is 28.6 Å². The van der Waals surface area contributed by atoms with Crippen LogP contribution in [0.1, 0.15) is 40.5 Å². The number of hydrogen-bond acceptors (Lipinski definition) is 1. The summed E-state index contributed by atoms with van der Waals surface area (Å²) in [4.78, 5) is 2.39. The van der Waals surface area contributed by atoms with Gasteiger partial charge in [0.15, 0.2) is 0 Å². The lowest BCUT2D eigenvalue weighted by Gasteiger charge is -2.53. The molecule has 1 aliphatic rings. The van der Waals surface area contributed by atoms with Crippen molar-refractivity contribution < 1.29 is 5.11 Å². The number of rotatable bonds is 2. The van der Waals surface area contributed by atoms with Gasteiger partial charge in [0.25, 0.3) is 0 Å². The van der Waals surface area contributed by atoms with Crippen LogP contribution < -0.4 is 0 Å². The normalized spacial score (nSPS) is 27.5. The van der Waals surface area contributed by atoms with E-state index in [4.69, 9.17) is 0 Å². The predicted molar refractivity (Wildman–Crippen MR) is 58.8 cm³/mol. The summed E-state index contributed by atoms with van der Waals surface area (Å²) in [6.45, 7) is 13.3. The molecule has 0 amide bonds. The van der Waals surface area contributed by atoms with Gasteiger partial charge in [-0.15, -0.1) is 6.58 Å². The van der Waals surface area contributed by atoms with Crippen molar-refractivity contribution in [2.75, 3.05) is 6.54 Å². The molecule has 1 saturated heterocycles. The van der Waals surface area contributed by atoms with Gasteiger partial charge in [0.1, 0.15) is 0 Å². The van der Waals surface area contributed by atoms with E-state index < -0.39 is 6.10 Å². The molecule has 2 nitrogen and oxygen atoms in total. The van der Waals surface area contributed by atoms with E-state index in [-0.39, 0.29) is 11.1 Å². The van der Waals surface area contributed by atoms with E-state index in [1.807, 2.05) is 6.08 Å². The van der Waals surface area contributed by atoms with Crippen molar-refractivity contribution in [1.29, 1.82) is 0 Å². The lowest BCUT2D eigenvalue weighted by atomic mass is 9.78. The summed E-state index contributed by atoms with van der Waals surface area (Å²) in [6.07, 6.45) is 2.99. The number of likely N-dealkylation sites (tertiary alicyclic amines) is 1. The van der Waals surface area contributed by atoms with Crippen LogP contribution >= 0.6 is 0 Å². The van der Waals surface area contributed by atoms with Crippen molar-refractivity contribution in [2.24, 2.45) is 0 Å². The maximum Gasteiger partial charge on any atom is 0.0964 e. The number of piperidine rings is 1. The second kappa shape index (κ2) is 3.67. The first kappa shape index (κ1) is 11.7. The zero-order valence-electron chi connectivity index (χ0n) is 9.84. The van der Waals surface area contributed by atoms with Gasteiger partial charge in [-0.2, -0.15) is 0 Å². The standard InChI is InChI=1S/C12H22NO/c1-6-7-13-11(2,3)8-10(14)9-12(13,4)5/h6,10H,1,7-9H2,2-5H3. The molecule has 1 heterocycles. The highest BCUT2D eigenvalue weighted by Gasteiger charge is 2.44. The van der Waals surface area contributed by atoms with Crippen molar-refractivity contribution in [1.82, 2.24) is 4.90 Å². The zero-order valence-corrected chi connectivity index (χ0v) is 9.84. The highest BCUT2D eigenvalue weighted by Crippen LogP contribution is 2.38. The van der Waals surface area contributed by atoms with Crippen LogP contribution in [0.4, 0.5) is 0 Å². The summed E-state index contributed by atoms with van der Waals surface area (Å²) < 4.78 is 0. The summed E-state index contributed by atoms with van der Waals surface area (Å²) in [5.41, 5.74) is 0.00468. The van der Waals surface area contributed by atoms with Crippen LogP contribution in [0.25, 0.3) is 0 Å². The quantitative estimate of drug-likeness (QED) is 0.623. The maximum atomic E-state index is 11.7. The molecule has 0 atom stereocenters. The third-order valence-electron chi connectivity index (χ3n) is 3.23. The Kier molecular flexibility index (Phi) is 3.07. The Morgan fingerprint density at radius 1 is 1.29 bits per heavy atom. The van der Waals surface area contributed by atoms with E-state index >= 15 is 0 Å². The van der Waals surface area contributed by atoms with Crippen molar-refractivity contribution in [2.45, 2.75) is 57.7 Å². The van der Waals surface area contributed by atoms with E-state index in [0.29, 0.717) is 0 Å². The molecular weight excluding hydrogens is 174 g/mol. The minimum Gasteiger partial charge on any atom is -0.289 e. The van der Waals surface area contributed by atoms with Gasteiger partial charge in [-0.05, 0) is 40.5 Å². The van der Waals surface area contributed by atoms with Crippen molar-refractivity contribution in [3.63, 3.8) is 0 Å². The topological polar surface area (TPSA) is 23.1 Å². The smallest absolute Gasteiger partial charge is 0.0964 e. The first-order valence-electron chi connectivity index (χ1n) is 5.34. The summed E-state index contributed by atoms with van der Waals surface area (Å²) >= 11 is 0. The highest BCUT2D eigenvalue weighted by molar-refractivity contribution is 5.01. The Labute approximate surface area is 87.6 Å². The van der Waals surface area contributed by atoms with Crippen LogP contribution in [0.5, 0.6) is 0 Å². The van der Waals surface area contributed by atoms with Crippen LogP contribution in [0, 0.1) is 0 Å². The molecule has 0 aromatic rings. The monoisotopic (exact) mass is 196 g/mol. The average molecular weight is 196 g/mol. The molecule has 0 saturated carbocycles. The molecule has 1 fully saturated rings. The third kappa shape index (κ3) is 2.18. The second-order valence-electron chi connectivity index (χ2n) is 5.55. The fraction of sp³-hybridized carbons (Fsp3) is 0.833. The Balaban J connectivity index is 2.90. The second-order valence-corrected chi connectivity index (χ2v) is 5.55. The van der Waals surface area contributed by atoms with E-state index in [1.165, 1.54) is 0 Å². The minimum absolute atomic E-state index is 0.00234. The van der Waals surface area contributed by atoms with Gasteiger partial charge in [0.05, 0.1) is 6.10 Å². The molecule has 81 valence electrons. The number of nitrogens with zero attached hydrogens (tertiary/aromatic N) is 1. The fourth-order valence-electron chi connectivity index (χ4n) is 2.85. The molecule has 0 spiro atoms. The largest absolute Gasteiger partial charge is 0.289 e. The lowest BCUT2D eigenvalue weighted by Crippen LogP contribution is -2.61. The summed E-state index contributed by atoms with van der Waals surface area (Å²) in [5.74, 6) is 0. The van der Waals surface area contributed by atoms with E-state index in [2.05, 4.69) is 39.2 Å². The van der Waals surface area contributed by atoms with Gasteiger partial charge >= 0.3 is 0 Å². The molecule has 0 bridgehead atoms. The zero-order chi connectivity index (χ0) is 11.0. The van der Waals surface area contributed by atoms with Crippen LogP contribution in [0.15, 0.2) is 12.7 Å². The fourth-order valence-corrected chi connectivity index (χ4v) is 2.85. The minimum atomic E-state index is -0.416. The SMILES string of the molecule is C=CCN1C(C)(C)CC([O])CC1(C)C. The van der Waals surface area contributed by atoms with E-state index in [9.17, 15) is 5.11 Å². The Morgan fingerprint density at radius 3 is 2.07 bits per heavy atom. The molecule has 14 heavy (non-hydrogen) atoms. The highest BCUT2D eigenvalue weighted by atomic mass is 16.3. The number of hydrogen-bond donors (Lipinski definition) is 0. The van der Waals surface area contributed by atoms with Crippen molar-refractivity contribution in [3.05, 3.63) is 12.7 Å². The first-order chi connectivity index (χ1) is 6.29. The van der Waals surface area contributed by atoms with Gasteiger partial charge in [-0.3, -0.25) is 4.90 Å². The van der Waals surface area contributed by atoms with Gasteiger partial charge < -0.3 is 0 Å². The van der Waals surface area contributed by atoms with E-state index in [1.54, 1.807) is 0 Å². The maximum absolute atomic E-state index is 11.7. The van der Waals surface area contributed by atoms with Crippen LogP contribution in [-0.2, 0) is 5.11 Å². The van der Waals surface area contributed by atoms with Gasteiger partial charge in [0, 0.05) is 17.6 Å². The summed E-state index contributed by atoms with van der Waals surface area (Å²) in [7, 11) is 0. The van der Waals surface area contributed by atoms with Gasteiger partial charge in [0.2, 0.25) is 0 Å². The Morgan fingerprint density at radius 2 is 1.71 bits per heavy atom. The lowest BCUT2D eigenvalue weighted by molar-refractivity contribution is -0.0947. The summed E-state index contributed by atoms with van der Waals surface area (Å²) in [6, 6.07) is 0. The molecule has 0 aliphatic carbocycles. The van der Waals surface area contributed by atoms with Gasteiger partial charge in [-0.1, -0.05) is 6.08 Å². The molecule has 0 aromatic carbocycles. The van der Waals surface area contributed by atoms with Gasteiger partial charge in [-0.25, -0.2) is 5.11 Å². The molecule has 1 aliphatic heterocycles. The molecule has 0 N–H and O–H groups in total. The van der Waals surface area contributed by atoms with Crippen LogP contribution in [0.2, 0.25) is 0 Å². The Bertz CT molecular complexity index is 202. The third-order valence-corrected chi connectivity index (χ3v) is 3.23. The Hall–Kier alpha value is -0.340. The molecule has 1 radical (unpaired) electrons. The predicted octanol–water partition coefficient (Wildman–Crippen LogP) is 2.62. The molecule has 2 heteroatoms. The average Bonchev–Trinajstić information content (AvgIpc) is 1.94. The molecule has 0 aromatic heterocycles.